The summed E-state index contributed by atoms with van der Waals surface area (Å²) in [6, 6.07) is 9.25. The molecule has 0 unspecified atom stereocenters. The van der Waals surface area contributed by atoms with Gasteiger partial charge < -0.3 is 13.9 Å². The minimum Gasteiger partial charge on any atom is -0.490 e. The number of nitrogens with one attached hydrogen (secondary N) is 1. The molecule has 2 N–H and O–H groups in total. The zero-order valence-electron chi connectivity index (χ0n) is 13.2. The van der Waals surface area contributed by atoms with Gasteiger partial charge in [0.25, 0.3) is 5.91 Å². The fraction of sp³-hybridized carbons (Fsp3) is 0.200. The topological polar surface area (TPSA) is 127 Å². The van der Waals surface area contributed by atoms with Crippen LogP contribution in [0.5, 0.6) is 11.5 Å². The van der Waals surface area contributed by atoms with Crippen molar-refractivity contribution in [2.75, 3.05) is 13.2 Å². The number of amides is 1. The first kappa shape index (κ1) is 18.5. The molecular weight excluding hydrogens is 352 g/mol. The Morgan fingerprint density at radius 2 is 1.92 bits per heavy atom. The average Bonchev–Trinajstić information content (AvgIpc) is 3.03. The van der Waals surface area contributed by atoms with E-state index in [2.05, 4.69) is 10.5 Å². The van der Waals surface area contributed by atoms with Crippen molar-refractivity contribution in [2.45, 2.75) is 12.0 Å². The van der Waals surface area contributed by atoms with E-state index >= 15 is 0 Å². The van der Waals surface area contributed by atoms with Crippen LogP contribution in [0.3, 0.4) is 0 Å². The van der Waals surface area contributed by atoms with Crippen molar-refractivity contribution >= 4 is 22.2 Å². The number of hydrazone groups is 1. The molecule has 2 aromatic rings. The predicted molar refractivity (Wildman–Crippen MR) is 87.4 cm³/mol. The molecule has 0 radical (unpaired) electrons. The summed E-state index contributed by atoms with van der Waals surface area (Å²) in [6.45, 7) is 2.00. The fourth-order valence-electron chi connectivity index (χ4n) is 1.73. The number of carbonyl (C=O) groups is 1. The number of hydrogen-bond acceptors (Lipinski definition) is 7. The molecule has 0 spiro atoms. The Balaban J connectivity index is 1.86. The third-order valence-corrected chi connectivity index (χ3v) is 3.47. The normalized spacial score (nSPS) is 11.4. The van der Waals surface area contributed by atoms with Gasteiger partial charge in [0.1, 0.15) is 5.76 Å². The standard InChI is InChI=1S/C15H16N2O7S/c1-2-22-12-5-3-4-6-13(12)23-10-14(18)17-16-9-11-7-8-15(24-11)25(19,20)21/h3-9H,2,10H2,1H3,(H,17,18)(H,19,20,21)/b16-9+. The van der Waals surface area contributed by atoms with E-state index < -0.39 is 21.1 Å². The van der Waals surface area contributed by atoms with E-state index in [1.54, 1.807) is 24.3 Å². The van der Waals surface area contributed by atoms with Crippen LogP contribution >= 0.6 is 0 Å². The molecule has 0 aliphatic rings. The van der Waals surface area contributed by atoms with Crippen molar-refractivity contribution in [1.29, 1.82) is 0 Å². The van der Waals surface area contributed by atoms with Gasteiger partial charge in [0, 0.05) is 0 Å². The summed E-state index contributed by atoms with van der Waals surface area (Å²) < 4.78 is 46.0. The van der Waals surface area contributed by atoms with E-state index in [0.717, 1.165) is 12.3 Å². The van der Waals surface area contributed by atoms with Gasteiger partial charge in [0.15, 0.2) is 18.1 Å². The van der Waals surface area contributed by atoms with Gasteiger partial charge in [-0.05, 0) is 31.2 Å². The van der Waals surface area contributed by atoms with E-state index in [0.29, 0.717) is 18.1 Å². The Labute approximate surface area is 144 Å². The first-order valence-corrected chi connectivity index (χ1v) is 8.58. The molecule has 1 amide bonds. The van der Waals surface area contributed by atoms with E-state index in [9.17, 15) is 13.2 Å². The first-order chi connectivity index (χ1) is 11.9. The number of nitrogens with zero attached hydrogens (tertiary/aromatic N) is 1. The SMILES string of the molecule is CCOc1ccccc1OCC(=O)N/N=C/c1ccc(S(=O)(=O)O)o1. The lowest BCUT2D eigenvalue weighted by molar-refractivity contribution is -0.123. The second kappa shape index (κ2) is 8.31. The molecule has 0 atom stereocenters. The summed E-state index contributed by atoms with van der Waals surface area (Å²) in [6.07, 6.45) is 1.08. The highest BCUT2D eigenvalue weighted by atomic mass is 32.2. The Kier molecular flexibility index (Phi) is 6.14. The van der Waals surface area contributed by atoms with Crippen molar-refractivity contribution in [1.82, 2.24) is 5.43 Å². The van der Waals surface area contributed by atoms with Crippen LogP contribution in [0.15, 0.2) is 51.0 Å². The number of para-hydroxylation sites is 2. The van der Waals surface area contributed by atoms with Crippen LogP contribution in [0.1, 0.15) is 12.7 Å². The van der Waals surface area contributed by atoms with Gasteiger partial charge >= 0.3 is 10.1 Å². The van der Waals surface area contributed by atoms with Crippen molar-refractivity contribution in [3.05, 3.63) is 42.2 Å². The molecule has 0 saturated carbocycles. The predicted octanol–water partition coefficient (Wildman–Crippen LogP) is 1.45. The highest BCUT2D eigenvalue weighted by molar-refractivity contribution is 7.85. The molecule has 0 fully saturated rings. The molecule has 0 aliphatic carbocycles. The van der Waals surface area contributed by atoms with Crippen molar-refractivity contribution in [3.63, 3.8) is 0 Å². The Morgan fingerprint density at radius 1 is 1.24 bits per heavy atom. The molecule has 25 heavy (non-hydrogen) atoms. The highest BCUT2D eigenvalue weighted by Gasteiger charge is 2.14. The van der Waals surface area contributed by atoms with Crippen LogP contribution in [0.4, 0.5) is 0 Å². The maximum Gasteiger partial charge on any atom is 0.328 e. The molecule has 2 rings (SSSR count). The zero-order valence-corrected chi connectivity index (χ0v) is 14.0. The summed E-state index contributed by atoms with van der Waals surface area (Å²) >= 11 is 0. The molecule has 0 bridgehead atoms. The Morgan fingerprint density at radius 3 is 2.52 bits per heavy atom. The van der Waals surface area contributed by atoms with Gasteiger partial charge in [0.2, 0.25) is 5.09 Å². The molecule has 0 saturated heterocycles. The van der Waals surface area contributed by atoms with Gasteiger partial charge in [-0.1, -0.05) is 12.1 Å². The van der Waals surface area contributed by atoms with Crippen LogP contribution in [0.2, 0.25) is 0 Å². The molecular formula is C15H16N2O7S. The maximum atomic E-state index is 11.7. The zero-order chi connectivity index (χ0) is 18.3. The number of rotatable bonds is 8. The van der Waals surface area contributed by atoms with E-state index in [4.69, 9.17) is 18.4 Å². The molecule has 10 heteroatoms. The molecule has 0 aliphatic heterocycles. The van der Waals surface area contributed by atoms with E-state index in [1.807, 2.05) is 6.92 Å². The number of carbonyl (C=O) groups excluding carboxylic acids is 1. The van der Waals surface area contributed by atoms with Crippen LogP contribution in [0, 0.1) is 0 Å². The number of benzene rings is 1. The minimum absolute atomic E-state index is 0.0375. The lowest BCUT2D eigenvalue weighted by Crippen LogP contribution is -2.24. The lowest BCUT2D eigenvalue weighted by Gasteiger charge is -2.10. The summed E-state index contributed by atoms with van der Waals surface area (Å²) in [5.41, 5.74) is 2.19. The van der Waals surface area contributed by atoms with Gasteiger partial charge in [-0.3, -0.25) is 9.35 Å². The van der Waals surface area contributed by atoms with Crippen LogP contribution in [-0.2, 0) is 14.9 Å². The van der Waals surface area contributed by atoms with Gasteiger partial charge in [-0.2, -0.15) is 13.5 Å². The quantitative estimate of drug-likeness (QED) is 0.410. The summed E-state index contributed by atoms with van der Waals surface area (Å²) in [5.74, 6) is 0.446. The molecule has 1 aromatic carbocycles. The third kappa shape index (κ3) is 5.62. The lowest BCUT2D eigenvalue weighted by atomic mass is 10.3. The summed E-state index contributed by atoms with van der Waals surface area (Å²) in [4.78, 5) is 11.7. The molecule has 1 aromatic heterocycles. The summed E-state index contributed by atoms with van der Waals surface area (Å²) in [5, 5.41) is 2.99. The monoisotopic (exact) mass is 368 g/mol. The number of hydrogen-bond donors (Lipinski definition) is 2. The summed E-state index contributed by atoms with van der Waals surface area (Å²) in [7, 11) is -4.42. The van der Waals surface area contributed by atoms with Crippen molar-refractivity contribution in [3.8, 4) is 11.5 Å². The Bertz CT molecular complexity index is 858. The fourth-order valence-corrected chi connectivity index (χ4v) is 2.17. The van der Waals surface area contributed by atoms with Crippen LogP contribution in [-0.4, -0.2) is 38.3 Å². The Hall–Kier alpha value is -2.85. The molecule has 134 valence electrons. The van der Waals surface area contributed by atoms with E-state index in [-0.39, 0.29) is 12.4 Å². The second-order valence-corrected chi connectivity index (χ2v) is 5.95. The minimum atomic E-state index is -4.42. The largest absolute Gasteiger partial charge is 0.490 e. The second-order valence-electron chi connectivity index (χ2n) is 4.59. The highest BCUT2D eigenvalue weighted by Crippen LogP contribution is 2.26. The maximum absolute atomic E-state index is 11.7. The third-order valence-electron chi connectivity index (χ3n) is 2.75. The van der Waals surface area contributed by atoms with Crippen molar-refractivity contribution < 1.29 is 31.7 Å². The first-order valence-electron chi connectivity index (χ1n) is 7.14. The molecule has 9 nitrogen and oxygen atoms in total. The van der Waals surface area contributed by atoms with Gasteiger partial charge in [-0.15, -0.1) is 0 Å². The van der Waals surface area contributed by atoms with Gasteiger partial charge in [-0.25, -0.2) is 5.43 Å². The van der Waals surface area contributed by atoms with Gasteiger partial charge in [0.05, 0.1) is 12.8 Å². The average molecular weight is 368 g/mol. The smallest absolute Gasteiger partial charge is 0.328 e. The van der Waals surface area contributed by atoms with Crippen LogP contribution < -0.4 is 14.9 Å². The molecule has 1 heterocycles. The number of ether oxygens (including phenoxy) is 2. The van der Waals surface area contributed by atoms with E-state index in [1.165, 1.54) is 6.07 Å². The number of furan rings is 1. The van der Waals surface area contributed by atoms with Crippen LogP contribution in [0.25, 0.3) is 0 Å². The van der Waals surface area contributed by atoms with Crippen molar-refractivity contribution in [2.24, 2.45) is 5.10 Å².